The highest BCUT2D eigenvalue weighted by molar-refractivity contribution is 5.79. The molecule has 0 spiro atoms. The minimum Gasteiger partial charge on any atom is -0.505 e. The zero-order valence-electron chi connectivity index (χ0n) is 28.4. The third-order valence-electron chi connectivity index (χ3n) is 8.74. The lowest BCUT2D eigenvalue weighted by molar-refractivity contribution is -0.122. The third kappa shape index (κ3) is 7.91. The summed E-state index contributed by atoms with van der Waals surface area (Å²) in [7, 11) is 0. The van der Waals surface area contributed by atoms with Crippen molar-refractivity contribution in [2.24, 2.45) is 0 Å². The lowest BCUT2D eigenvalue weighted by Crippen LogP contribution is -2.37. The number of aromatic hydroxyl groups is 2. The van der Waals surface area contributed by atoms with Gasteiger partial charge in [-0.3, -0.25) is 9.59 Å². The molecule has 4 N–H and O–H groups in total. The quantitative estimate of drug-likeness (QED) is 0.0807. The Balaban J connectivity index is 1.03. The van der Waals surface area contributed by atoms with Gasteiger partial charge >= 0.3 is 0 Å². The predicted molar refractivity (Wildman–Crippen MR) is 191 cm³/mol. The van der Waals surface area contributed by atoms with Gasteiger partial charge in [-0.1, -0.05) is 63.1 Å². The van der Waals surface area contributed by atoms with Crippen molar-refractivity contribution in [1.82, 2.24) is 40.6 Å². The molecule has 2 amide bonds. The smallest absolute Gasteiger partial charge is 0.221 e. The van der Waals surface area contributed by atoms with Crippen LogP contribution in [-0.4, -0.2) is 58.7 Å². The predicted octanol–water partition coefficient (Wildman–Crippen LogP) is 5.62. The number of nitrogens with one attached hydrogen (secondary N) is 2. The highest BCUT2D eigenvalue weighted by atomic mass is 16.3. The first-order valence-electron chi connectivity index (χ1n) is 17.2. The van der Waals surface area contributed by atoms with Crippen LogP contribution < -0.4 is 10.6 Å². The lowest BCUT2D eigenvalue weighted by atomic mass is 9.99. The van der Waals surface area contributed by atoms with Crippen LogP contribution in [0.4, 0.5) is 0 Å². The molecular weight excluding hydrogens is 632 g/mol. The molecule has 0 radical (unpaired) electrons. The minimum absolute atomic E-state index is 0.00932. The van der Waals surface area contributed by atoms with Crippen LogP contribution >= 0.6 is 0 Å². The molecule has 0 aliphatic heterocycles. The van der Waals surface area contributed by atoms with Gasteiger partial charge in [-0.25, -0.2) is 0 Å². The highest BCUT2D eigenvalue weighted by Crippen LogP contribution is 2.31. The first-order chi connectivity index (χ1) is 24.3. The normalized spacial score (nSPS) is 11.3. The molecule has 0 saturated carbocycles. The molecule has 12 nitrogen and oxygen atoms in total. The van der Waals surface area contributed by atoms with E-state index in [2.05, 4.69) is 38.0 Å². The number of hydrogen-bond donors (Lipinski definition) is 4. The van der Waals surface area contributed by atoms with Crippen molar-refractivity contribution >= 4 is 33.9 Å². The third-order valence-corrected chi connectivity index (χ3v) is 8.74. The fraction of sp³-hybridized carbons (Fsp3) is 0.316. The van der Waals surface area contributed by atoms with Crippen molar-refractivity contribution in [1.29, 1.82) is 0 Å². The Kier molecular flexibility index (Phi) is 10.7. The summed E-state index contributed by atoms with van der Waals surface area (Å²) in [6.45, 7) is 4.10. The van der Waals surface area contributed by atoms with E-state index in [1.807, 2.05) is 73.7 Å². The topological polar surface area (TPSA) is 160 Å². The van der Waals surface area contributed by atoms with Crippen LogP contribution in [0.15, 0.2) is 72.8 Å². The zero-order chi connectivity index (χ0) is 35.0. The second-order valence-corrected chi connectivity index (χ2v) is 12.4. The molecular formula is C38H42N8O4. The summed E-state index contributed by atoms with van der Waals surface area (Å²) in [6.07, 6.45) is 5.65. The number of unbranched alkanes of at least 4 members (excludes halogenated alkanes) is 2. The van der Waals surface area contributed by atoms with Gasteiger partial charge < -0.3 is 20.8 Å². The van der Waals surface area contributed by atoms with Crippen LogP contribution in [0.1, 0.15) is 68.2 Å². The molecule has 0 atom stereocenters. The summed E-state index contributed by atoms with van der Waals surface area (Å²) in [6, 6.07) is 22.5. The van der Waals surface area contributed by atoms with Gasteiger partial charge in [0.1, 0.15) is 44.9 Å². The molecule has 6 rings (SSSR count). The van der Waals surface area contributed by atoms with E-state index in [4.69, 9.17) is 0 Å². The Labute approximate surface area is 290 Å². The Morgan fingerprint density at radius 2 is 1.06 bits per heavy atom. The number of aromatic nitrogens is 6. The average molecular weight is 675 g/mol. The fourth-order valence-corrected chi connectivity index (χ4v) is 5.97. The number of hydrogen-bond acceptors (Lipinski definition) is 8. The fourth-order valence-electron chi connectivity index (χ4n) is 5.97. The van der Waals surface area contributed by atoms with E-state index in [1.165, 1.54) is 9.59 Å². The molecule has 50 heavy (non-hydrogen) atoms. The summed E-state index contributed by atoms with van der Waals surface area (Å²) in [5.41, 5.74) is 7.16. The first-order valence-corrected chi connectivity index (χ1v) is 17.2. The van der Waals surface area contributed by atoms with E-state index in [-0.39, 0.29) is 42.8 Å². The summed E-state index contributed by atoms with van der Waals surface area (Å²) < 4.78 is 0. The minimum atomic E-state index is -0.208. The standard InChI is InChI=1S/C38H42N8O4/c1-3-5-6-11-28-21-26(23-34(38(28)50)46-43-31-14-9-10-15-32(31)44-46)17-19-36(48)40-24-39-35(47)18-16-25-20-27(4-2)37(49)33(22-25)45-41-29-12-7-8-13-30(29)42-45/h7-10,12-15,20-23,49-50H,3-6,11,16-19,24H2,1-2H3,(H,39,47)(H,40,48). The van der Waals surface area contributed by atoms with Gasteiger partial charge in [0.2, 0.25) is 11.8 Å². The first kappa shape index (κ1) is 34.1. The van der Waals surface area contributed by atoms with Crippen LogP contribution in [0, 0.1) is 0 Å². The van der Waals surface area contributed by atoms with E-state index in [0.717, 1.165) is 63.6 Å². The van der Waals surface area contributed by atoms with Gasteiger partial charge in [0.15, 0.2) is 0 Å². The second kappa shape index (κ2) is 15.6. The number of phenols is 2. The van der Waals surface area contributed by atoms with Gasteiger partial charge in [-0.05, 0) is 90.8 Å². The SMILES string of the molecule is CCCCCc1cc(CCC(=O)NCNC(=O)CCc2cc(CC)c(O)c(-n3nc4ccccc4n3)c2)cc(-n2nc3ccccc3n2)c1O. The largest absolute Gasteiger partial charge is 0.505 e. The summed E-state index contributed by atoms with van der Waals surface area (Å²) in [5, 5.41) is 45.7. The number of phenolic OH excluding ortho intramolecular Hbond substituents is 2. The molecule has 6 aromatic rings. The molecule has 0 unspecified atom stereocenters. The van der Waals surface area contributed by atoms with Gasteiger partial charge in [-0.15, -0.1) is 30.0 Å². The van der Waals surface area contributed by atoms with Crippen molar-refractivity contribution in [3.05, 3.63) is 95.1 Å². The maximum atomic E-state index is 12.8. The van der Waals surface area contributed by atoms with Crippen molar-refractivity contribution in [3.63, 3.8) is 0 Å². The van der Waals surface area contributed by atoms with Crippen LogP contribution in [0.25, 0.3) is 33.4 Å². The van der Waals surface area contributed by atoms with Crippen molar-refractivity contribution < 1.29 is 19.8 Å². The second-order valence-electron chi connectivity index (χ2n) is 12.4. The molecule has 4 aromatic carbocycles. The molecule has 2 aromatic heterocycles. The number of carbonyl (C=O) groups excluding carboxylic acids is 2. The van der Waals surface area contributed by atoms with Gasteiger partial charge in [0, 0.05) is 12.8 Å². The molecule has 12 heteroatoms. The van der Waals surface area contributed by atoms with E-state index in [0.29, 0.717) is 37.1 Å². The van der Waals surface area contributed by atoms with Gasteiger partial charge in [0.25, 0.3) is 0 Å². The van der Waals surface area contributed by atoms with Crippen molar-refractivity contribution in [2.75, 3.05) is 6.67 Å². The number of rotatable bonds is 15. The maximum absolute atomic E-state index is 12.8. The van der Waals surface area contributed by atoms with E-state index >= 15 is 0 Å². The monoisotopic (exact) mass is 674 g/mol. The Hall–Kier alpha value is -5.78. The molecule has 0 aliphatic carbocycles. The van der Waals surface area contributed by atoms with Crippen LogP contribution in [0.5, 0.6) is 11.5 Å². The molecule has 0 saturated heterocycles. The molecule has 258 valence electrons. The number of aryl methyl sites for hydroxylation is 4. The molecule has 0 fully saturated rings. The molecule has 0 bridgehead atoms. The molecule has 0 aliphatic rings. The van der Waals surface area contributed by atoms with Crippen LogP contribution in [0.2, 0.25) is 0 Å². The summed E-state index contributed by atoms with van der Waals surface area (Å²) >= 11 is 0. The van der Waals surface area contributed by atoms with E-state index in [9.17, 15) is 19.8 Å². The zero-order valence-corrected chi connectivity index (χ0v) is 28.4. The Morgan fingerprint density at radius 1 is 0.620 bits per heavy atom. The van der Waals surface area contributed by atoms with Crippen molar-refractivity contribution in [2.45, 2.75) is 71.6 Å². The Bertz CT molecular complexity index is 2070. The number of carbonyl (C=O) groups is 2. The summed E-state index contributed by atoms with van der Waals surface area (Å²) in [5.74, 6) is -0.143. The van der Waals surface area contributed by atoms with E-state index < -0.39 is 0 Å². The number of amides is 2. The highest BCUT2D eigenvalue weighted by Gasteiger charge is 2.17. The average Bonchev–Trinajstić information content (AvgIpc) is 3.76. The number of fused-ring (bicyclic) bond motifs is 2. The van der Waals surface area contributed by atoms with E-state index in [1.54, 1.807) is 6.07 Å². The summed E-state index contributed by atoms with van der Waals surface area (Å²) in [4.78, 5) is 28.4. The van der Waals surface area contributed by atoms with Crippen LogP contribution in [-0.2, 0) is 35.3 Å². The van der Waals surface area contributed by atoms with Gasteiger partial charge in [-0.2, -0.15) is 0 Å². The van der Waals surface area contributed by atoms with Crippen molar-refractivity contribution in [3.8, 4) is 22.9 Å². The van der Waals surface area contributed by atoms with Gasteiger partial charge in [0.05, 0.1) is 6.67 Å². The van der Waals surface area contributed by atoms with Crippen LogP contribution in [0.3, 0.4) is 0 Å². The number of nitrogens with zero attached hydrogens (tertiary/aromatic N) is 6. The lowest BCUT2D eigenvalue weighted by Gasteiger charge is -2.13. The number of benzene rings is 4. The maximum Gasteiger partial charge on any atom is 0.221 e. The Morgan fingerprint density at radius 3 is 1.50 bits per heavy atom. The molecule has 2 heterocycles.